The van der Waals surface area contributed by atoms with Crippen molar-refractivity contribution in [2.45, 2.75) is 43.9 Å². The number of hydrogen-bond donors (Lipinski definition) is 1. The molecule has 2 aromatic rings. The number of halogens is 1. The highest BCUT2D eigenvalue weighted by atomic mass is 35.5. The number of carbonyl (C=O) groups excluding carboxylic acids is 1. The second kappa shape index (κ2) is 10.4. The van der Waals surface area contributed by atoms with E-state index in [9.17, 15) is 13.2 Å². The first-order valence-corrected chi connectivity index (χ1v) is 12.3. The Morgan fingerprint density at radius 2 is 1.81 bits per heavy atom. The van der Waals surface area contributed by atoms with Crippen LogP contribution in [0.3, 0.4) is 0 Å². The van der Waals surface area contributed by atoms with Gasteiger partial charge in [0.15, 0.2) is 0 Å². The van der Waals surface area contributed by atoms with E-state index >= 15 is 0 Å². The third kappa shape index (κ3) is 5.92. The summed E-state index contributed by atoms with van der Waals surface area (Å²) in [6, 6.07) is 11.2. The number of sulfonamides is 1. The number of anilines is 1. The summed E-state index contributed by atoms with van der Waals surface area (Å²) in [4.78, 5) is 12.9. The van der Waals surface area contributed by atoms with Crippen LogP contribution in [-0.4, -0.2) is 34.5 Å². The van der Waals surface area contributed by atoms with E-state index in [4.69, 9.17) is 16.3 Å². The number of amides is 1. The molecule has 0 spiro atoms. The van der Waals surface area contributed by atoms with E-state index in [-0.39, 0.29) is 22.4 Å². The van der Waals surface area contributed by atoms with Gasteiger partial charge in [0, 0.05) is 6.54 Å². The largest absolute Gasteiger partial charge is 0.495 e. The van der Waals surface area contributed by atoms with E-state index in [0.29, 0.717) is 23.9 Å². The lowest BCUT2D eigenvalue weighted by molar-refractivity contribution is -0.119. The minimum atomic E-state index is -3.97. The number of nitrogens with zero attached hydrogens (tertiary/aromatic N) is 1. The molecular weight excluding hydrogens is 436 g/mol. The van der Waals surface area contributed by atoms with Crippen molar-refractivity contribution in [2.24, 2.45) is 5.92 Å². The van der Waals surface area contributed by atoms with Crippen LogP contribution < -0.4 is 14.4 Å². The summed E-state index contributed by atoms with van der Waals surface area (Å²) in [6.45, 7) is 2.13. The van der Waals surface area contributed by atoms with E-state index in [1.807, 2.05) is 6.92 Å². The van der Waals surface area contributed by atoms with Crippen LogP contribution in [0.5, 0.6) is 5.75 Å². The number of methoxy groups -OCH3 is 1. The zero-order valence-electron chi connectivity index (χ0n) is 17.9. The van der Waals surface area contributed by atoms with Crippen LogP contribution in [0.4, 0.5) is 5.69 Å². The van der Waals surface area contributed by atoms with Crippen molar-refractivity contribution in [1.82, 2.24) is 5.32 Å². The van der Waals surface area contributed by atoms with Crippen molar-refractivity contribution in [3.8, 4) is 5.75 Å². The number of rotatable bonds is 8. The molecule has 1 aliphatic carbocycles. The van der Waals surface area contributed by atoms with Crippen molar-refractivity contribution in [2.75, 3.05) is 24.5 Å². The summed E-state index contributed by atoms with van der Waals surface area (Å²) in [5, 5.41) is 3.19. The summed E-state index contributed by atoms with van der Waals surface area (Å²) in [6.07, 6.45) is 5.79. The molecule has 3 rings (SSSR count). The van der Waals surface area contributed by atoms with Gasteiger partial charge in [0.2, 0.25) is 5.91 Å². The number of hydrogen-bond acceptors (Lipinski definition) is 4. The molecule has 1 fully saturated rings. The third-order valence-corrected chi connectivity index (χ3v) is 7.72. The zero-order chi connectivity index (χ0) is 22.4. The van der Waals surface area contributed by atoms with Crippen molar-refractivity contribution < 1.29 is 17.9 Å². The Balaban J connectivity index is 1.85. The standard InChI is InChI=1S/C23H29ClN2O4S/c1-17-8-11-20(12-9-17)31(28,29)26(19-10-13-22(30-2)21(24)14-19)16-23(27)25-15-18-6-4-3-5-7-18/h8-14,18H,3-7,15-16H2,1-2H3,(H,25,27). The highest BCUT2D eigenvalue weighted by Crippen LogP contribution is 2.32. The molecule has 6 nitrogen and oxygen atoms in total. The molecule has 2 aromatic carbocycles. The number of benzene rings is 2. The summed E-state index contributed by atoms with van der Waals surface area (Å²) < 4.78 is 33.1. The first kappa shape index (κ1) is 23.4. The van der Waals surface area contributed by atoms with E-state index in [1.165, 1.54) is 32.4 Å². The van der Waals surface area contributed by atoms with Gasteiger partial charge in [-0.05, 0) is 56.0 Å². The van der Waals surface area contributed by atoms with Crippen LogP contribution in [0.25, 0.3) is 0 Å². The number of ether oxygens (including phenoxy) is 1. The molecule has 0 heterocycles. The number of aryl methyl sites for hydroxylation is 1. The molecule has 0 bridgehead atoms. The maximum Gasteiger partial charge on any atom is 0.264 e. The van der Waals surface area contributed by atoms with Crippen LogP contribution in [0.1, 0.15) is 37.7 Å². The Hall–Kier alpha value is -2.25. The molecule has 1 N–H and O–H groups in total. The monoisotopic (exact) mass is 464 g/mol. The first-order chi connectivity index (χ1) is 14.8. The fraction of sp³-hybridized carbons (Fsp3) is 0.435. The van der Waals surface area contributed by atoms with Gasteiger partial charge in [0.25, 0.3) is 10.0 Å². The van der Waals surface area contributed by atoms with Gasteiger partial charge in [-0.15, -0.1) is 0 Å². The van der Waals surface area contributed by atoms with Gasteiger partial charge in [0.05, 0.1) is 22.7 Å². The van der Waals surface area contributed by atoms with Gasteiger partial charge in [-0.1, -0.05) is 48.6 Å². The zero-order valence-corrected chi connectivity index (χ0v) is 19.5. The van der Waals surface area contributed by atoms with Crippen molar-refractivity contribution in [3.63, 3.8) is 0 Å². The van der Waals surface area contributed by atoms with Gasteiger partial charge < -0.3 is 10.1 Å². The Bertz CT molecular complexity index is 1000. The predicted molar refractivity (Wildman–Crippen MR) is 123 cm³/mol. The minimum absolute atomic E-state index is 0.116. The SMILES string of the molecule is COc1ccc(N(CC(=O)NCC2CCCCC2)S(=O)(=O)c2ccc(C)cc2)cc1Cl. The molecular formula is C23H29ClN2O4S. The summed E-state index contributed by atoms with van der Waals surface area (Å²) >= 11 is 6.24. The summed E-state index contributed by atoms with van der Waals surface area (Å²) in [5.74, 6) is 0.545. The van der Waals surface area contributed by atoms with Crippen LogP contribution >= 0.6 is 11.6 Å². The summed E-state index contributed by atoms with van der Waals surface area (Å²) in [5.41, 5.74) is 1.25. The Morgan fingerprint density at radius 3 is 2.42 bits per heavy atom. The smallest absolute Gasteiger partial charge is 0.264 e. The molecule has 8 heteroatoms. The molecule has 1 amide bonds. The first-order valence-electron chi connectivity index (χ1n) is 10.5. The lowest BCUT2D eigenvalue weighted by Crippen LogP contribution is -2.42. The van der Waals surface area contributed by atoms with E-state index < -0.39 is 10.0 Å². The fourth-order valence-electron chi connectivity index (χ4n) is 3.80. The van der Waals surface area contributed by atoms with E-state index in [2.05, 4.69) is 5.32 Å². The van der Waals surface area contributed by atoms with Crippen molar-refractivity contribution >= 4 is 33.2 Å². The van der Waals surface area contributed by atoms with Crippen molar-refractivity contribution in [1.29, 1.82) is 0 Å². The molecule has 0 unspecified atom stereocenters. The molecule has 168 valence electrons. The van der Waals surface area contributed by atoms with Crippen LogP contribution in [0.15, 0.2) is 47.4 Å². The second-order valence-corrected chi connectivity index (χ2v) is 10.2. The molecule has 1 saturated carbocycles. The van der Waals surface area contributed by atoms with Crippen molar-refractivity contribution in [3.05, 3.63) is 53.1 Å². The molecule has 31 heavy (non-hydrogen) atoms. The van der Waals surface area contributed by atoms with Crippen LogP contribution in [0, 0.1) is 12.8 Å². The maximum atomic E-state index is 13.4. The molecule has 0 atom stereocenters. The Kier molecular flexibility index (Phi) is 7.84. The van der Waals surface area contributed by atoms with Crippen LogP contribution in [0.2, 0.25) is 5.02 Å². The van der Waals surface area contributed by atoms with Gasteiger partial charge in [-0.25, -0.2) is 8.42 Å². The average Bonchev–Trinajstić information content (AvgIpc) is 2.77. The topological polar surface area (TPSA) is 75.7 Å². The van der Waals surface area contributed by atoms with Gasteiger partial charge >= 0.3 is 0 Å². The normalized spacial score (nSPS) is 14.8. The maximum absolute atomic E-state index is 13.4. The minimum Gasteiger partial charge on any atom is -0.495 e. The quantitative estimate of drug-likeness (QED) is 0.621. The van der Waals surface area contributed by atoms with Crippen LogP contribution in [-0.2, 0) is 14.8 Å². The third-order valence-electron chi connectivity index (χ3n) is 5.63. The lowest BCUT2D eigenvalue weighted by atomic mass is 9.89. The fourth-order valence-corrected chi connectivity index (χ4v) is 5.46. The average molecular weight is 465 g/mol. The lowest BCUT2D eigenvalue weighted by Gasteiger charge is -2.26. The van der Waals surface area contributed by atoms with Gasteiger partial charge in [-0.2, -0.15) is 0 Å². The highest BCUT2D eigenvalue weighted by molar-refractivity contribution is 7.92. The predicted octanol–water partition coefficient (Wildman–Crippen LogP) is 4.55. The van der Waals surface area contributed by atoms with E-state index in [0.717, 1.165) is 22.7 Å². The molecule has 1 aliphatic rings. The number of carbonyl (C=O) groups is 1. The molecule has 0 aromatic heterocycles. The highest BCUT2D eigenvalue weighted by Gasteiger charge is 2.28. The molecule has 0 aliphatic heterocycles. The second-order valence-electron chi connectivity index (χ2n) is 7.95. The molecule has 0 radical (unpaired) electrons. The van der Waals surface area contributed by atoms with E-state index in [1.54, 1.807) is 36.4 Å². The summed E-state index contributed by atoms with van der Waals surface area (Å²) in [7, 11) is -2.49. The number of nitrogens with one attached hydrogen (secondary N) is 1. The van der Waals surface area contributed by atoms with Gasteiger partial charge in [0.1, 0.15) is 12.3 Å². The molecule has 0 saturated heterocycles. The Morgan fingerprint density at radius 1 is 1.13 bits per heavy atom. The van der Waals surface area contributed by atoms with Gasteiger partial charge in [-0.3, -0.25) is 9.10 Å². The Labute approximate surface area is 189 Å².